The van der Waals surface area contributed by atoms with E-state index in [2.05, 4.69) is 20.0 Å². The van der Waals surface area contributed by atoms with E-state index < -0.39 is 11.9 Å². The maximum Gasteiger partial charge on any atom is 0.433 e. The smallest absolute Gasteiger partial charge is 0.356 e. The zero-order valence-electron chi connectivity index (χ0n) is 18.2. The van der Waals surface area contributed by atoms with Crippen LogP contribution in [0.4, 0.5) is 19.0 Å². The van der Waals surface area contributed by atoms with Gasteiger partial charge < -0.3 is 9.80 Å². The highest BCUT2D eigenvalue weighted by molar-refractivity contribution is 5.92. The number of rotatable bonds is 4. The van der Waals surface area contributed by atoms with Crippen molar-refractivity contribution in [2.45, 2.75) is 25.9 Å². The van der Waals surface area contributed by atoms with Crippen LogP contribution in [0.25, 0.3) is 10.9 Å². The van der Waals surface area contributed by atoms with Crippen molar-refractivity contribution >= 4 is 22.6 Å². The lowest BCUT2D eigenvalue weighted by atomic mass is 9.96. The molecule has 0 bridgehead atoms. The molecule has 1 aliphatic heterocycles. The second-order valence-electron chi connectivity index (χ2n) is 8.31. The summed E-state index contributed by atoms with van der Waals surface area (Å²) in [5, 5.41) is 4.87. The lowest BCUT2D eigenvalue weighted by molar-refractivity contribution is -0.140. The topological polar surface area (TPSA) is 67.2 Å². The predicted octanol–water partition coefficient (Wildman–Crippen LogP) is 3.68. The van der Waals surface area contributed by atoms with Crippen molar-refractivity contribution in [3.8, 4) is 0 Å². The first-order valence-corrected chi connectivity index (χ1v) is 10.5. The molecule has 1 fully saturated rings. The van der Waals surface area contributed by atoms with Gasteiger partial charge in [0, 0.05) is 51.0 Å². The van der Waals surface area contributed by atoms with Gasteiger partial charge in [-0.05, 0) is 49.9 Å². The molecule has 4 heterocycles. The van der Waals surface area contributed by atoms with E-state index in [0.29, 0.717) is 42.5 Å². The van der Waals surface area contributed by atoms with Crippen molar-refractivity contribution < 1.29 is 18.0 Å². The van der Waals surface area contributed by atoms with E-state index in [1.165, 1.54) is 18.3 Å². The Morgan fingerprint density at radius 3 is 2.56 bits per heavy atom. The summed E-state index contributed by atoms with van der Waals surface area (Å²) in [6.45, 7) is 3.95. The number of nitrogens with zero attached hydrogens (tertiary/aromatic N) is 6. The maximum absolute atomic E-state index is 13.0. The molecule has 3 aromatic rings. The fourth-order valence-electron chi connectivity index (χ4n) is 4.11. The molecular weight excluding hydrogens is 421 g/mol. The molecule has 0 aromatic carbocycles. The first kappa shape index (κ1) is 22.0. The number of halogens is 3. The molecule has 0 saturated carbocycles. The van der Waals surface area contributed by atoms with Gasteiger partial charge >= 0.3 is 6.18 Å². The Hall–Kier alpha value is -3.17. The molecule has 3 aromatic heterocycles. The zero-order valence-corrected chi connectivity index (χ0v) is 18.2. The molecule has 0 aliphatic carbocycles. The fourth-order valence-corrected chi connectivity index (χ4v) is 4.11. The second-order valence-corrected chi connectivity index (χ2v) is 8.31. The van der Waals surface area contributed by atoms with Crippen LogP contribution >= 0.6 is 0 Å². The highest BCUT2D eigenvalue weighted by Gasteiger charge is 2.33. The third-order valence-electron chi connectivity index (χ3n) is 6.01. The second kappa shape index (κ2) is 8.40. The molecule has 1 amide bonds. The van der Waals surface area contributed by atoms with E-state index in [4.69, 9.17) is 0 Å². The number of alkyl halides is 3. The highest BCUT2D eigenvalue weighted by atomic mass is 19.4. The van der Waals surface area contributed by atoms with E-state index in [0.717, 1.165) is 24.6 Å². The van der Waals surface area contributed by atoms with Gasteiger partial charge in [-0.2, -0.15) is 18.3 Å². The summed E-state index contributed by atoms with van der Waals surface area (Å²) in [4.78, 5) is 24.6. The fraction of sp³-hybridized carbons (Fsp3) is 0.455. The van der Waals surface area contributed by atoms with Crippen molar-refractivity contribution in [1.82, 2.24) is 24.6 Å². The van der Waals surface area contributed by atoms with Gasteiger partial charge in [-0.25, -0.2) is 9.97 Å². The Morgan fingerprint density at radius 2 is 1.94 bits per heavy atom. The van der Waals surface area contributed by atoms with Crippen LogP contribution in [-0.2, 0) is 13.2 Å². The number of pyridine rings is 2. The molecular formula is C22H25F3N6O. The zero-order chi connectivity index (χ0) is 23.0. The minimum absolute atomic E-state index is 0.0987. The lowest BCUT2D eigenvalue weighted by Crippen LogP contribution is -2.40. The number of fused-ring (bicyclic) bond motifs is 1. The van der Waals surface area contributed by atoms with Gasteiger partial charge in [-0.1, -0.05) is 0 Å². The van der Waals surface area contributed by atoms with Crippen LogP contribution in [-0.4, -0.2) is 57.2 Å². The third-order valence-corrected chi connectivity index (χ3v) is 6.01. The standard InChI is InChI=1S/C22H25F3N6O/c1-14-12-18(28-30(14)3)21(32)29(2)13-15-7-10-31(11-8-15)20-16-4-5-19(22(23,24)25)27-17(16)6-9-26-20/h4-6,9,12,15H,7-8,10-11,13H2,1-3H3. The van der Waals surface area contributed by atoms with Crippen molar-refractivity contribution in [2.75, 3.05) is 31.6 Å². The van der Waals surface area contributed by atoms with Crippen molar-refractivity contribution in [3.63, 3.8) is 0 Å². The van der Waals surface area contributed by atoms with E-state index >= 15 is 0 Å². The summed E-state index contributed by atoms with van der Waals surface area (Å²) in [6.07, 6.45) is -1.28. The molecule has 0 atom stereocenters. The highest BCUT2D eigenvalue weighted by Crippen LogP contribution is 2.32. The molecule has 1 saturated heterocycles. The molecule has 0 spiro atoms. The number of hydrogen-bond donors (Lipinski definition) is 0. The Balaban J connectivity index is 1.41. The number of aryl methyl sites for hydroxylation is 2. The number of piperidine rings is 1. The van der Waals surface area contributed by atoms with Crippen LogP contribution in [0.3, 0.4) is 0 Å². The van der Waals surface area contributed by atoms with Crippen LogP contribution in [0.5, 0.6) is 0 Å². The number of anilines is 1. The summed E-state index contributed by atoms with van der Waals surface area (Å²) in [5.74, 6) is 0.879. The number of amides is 1. The summed E-state index contributed by atoms with van der Waals surface area (Å²) < 4.78 is 40.6. The van der Waals surface area contributed by atoms with Crippen molar-refractivity contribution in [3.05, 3.63) is 47.5 Å². The average molecular weight is 446 g/mol. The van der Waals surface area contributed by atoms with Crippen LogP contribution in [0.2, 0.25) is 0 Å². The molecule has 0 radical (unpaired) electrons. The molecule has 0 N–H and O–H groups in total. The van der Waals surface area contributed by atoms with Crippen LogP contribution < -0.4 is 4.90 Å². The average Bonchev–Trinajstić information content (AvgIpc) is 3.10. The van der Waals surface area contributed by atoms with E-state index in [-0.39, 0.29) is 11.4 Å². The maximum atomic E-state index is 13.0. The van der Waals surface area contributed by atoms with E-state index in [1.807, 2.05) is 14.0 Å². The molecule has 10 heteroatoms. The number of carbonyl (C=O) groups is 1. The van der Waals surface area contributed by atoms with Gasteiger partial charge in [0.2, 0.25) is 0 Å². The molecule has 0 unspecified atom stereocenters. The monoisotopic (exact) mass is 446 g/mol. The summed E-state index contributed by atoms with van der Waals surface area (Å²) in [5.41, 5.74) is 0.740. The van der Waals surface area contributed by atoms with Gasteiger partial charge in [0.1, 0.15) is 11.5 Å². The molecule has 170 valence electrons. The molecule has 32 heavy (non-hydrogen) atoms. The van der Waals surface area contributed by atoms with Gasteiger partial charge in [0.25, 0.3) is 5.91 Å². The molecule has 1 aliphatic rings. The lowest BCUT2D eigenvalue weighted by Gasteiger charge is -2.35. The summed E-state index contributed by atoms with van der Waals surface area (Å²) in [7, 11) is 3.59. The minimum Gasteiger partial charge on any atom is -0.356 e. The van der Waals surface area contributed by atoms with Crippen LogP contribution in [0.1, 0.15) is 34.7 Å². The predicted molar refractivity (Wildman–Crippen MR) is 114 cm³/mol. The van der Waals surface area contributed by atoms with Gasteiger partial charge in [0.15, 0.2) is 5.69 Å². The first-order valence-electron chi connectivity index (χ1n) is 10.5. The van der Waals surface area contributed by atoms with Gasteiger partial charge in [-0.3, -0.25) is 9.48 Å². The Labute approximate surface area is 183 Å². The van der Waals surface area contributed by atoms with E-state index in [1.54, 1.807) is 22.7 Å². The number of hydrogen-bond acceptors (Lipinski definition) is 5. The van der Waals surface area contributed by atoms with Crippen molar-refractivity contribution in [1.29, 1.82) is 0 Å². The minimum atomic E-state index is -4.48. The third kappa shape index (κ3) is 4.39. The van der Waals surface area contributed by atoms with Crippen molar-refractivity contribution in [2.24, 2.45) is 13.0 Å². The molecule has 4 rings (SSSR count). The Bertz CT molecular complexity index is 1110. The summed E-state index contributed by atoms with van der Waals surface area (Å²) in [6, 6.07) is 5.73. The Kier molecular flexibility index (Phi) is 5.79. The van der Waals surface area contributed by atoms with Gasteiger partial charge in [0.05, 0.1) is 5.52 Å². The largest absolute Gasteiger partial charge is 0.433 e. The van der Waals surface area contributed by atoms with E-state index in [9.17, 15) is 18.0 Å². The summed E-state index contributed by atoms with van der Waals surface area (Å²) >= 11 is 0. The number of carbonyl (C=O) groups excluding carboxylic acids is 1. The Morgan fingerprint density at radius 1 is 1.22 bits per heavy atom. The first-order chi connectivity index (χ1) is 15.1. The SMILES string of the molecule is Cc1cc(C(=O)N(C)CC2CCN(c3nccc4nc(C(F)(F)F)ccc34)CC2)nn1C. The van der Waals surface area contributed by atoms with Crippen LogP contribution in [0.15, 0.2) is 30.5 Å². The number of aromatic nitrogens is 4. The van der Waals surface area contributed by atoms with Gasteiger partial charge in [-0.15, -0.1) is 0 Å². The normalized spacial score (nSPS) is 15.4. The molecule has 7 nitrogen and oxygen atoms in total. The van der Waals surface area contributed by atoms with Crippen LogP contribution in [0, 0.1) is 12.8 Å². The quantitative estimate of drug-likeness (QED) is 0.612.